The van der Waals surface area contributed by atoms with Crippen molar-refractivity contribution in [3.8, 4) is 0 Å². The number of anilines is 1. The molecule has 1 aliphatic rings. The number of hydrogen-bond acceptors (Lipinski definition) is 2. The molecule has 0 N–H and O–H groups in total. The van der Waals surface area contributed by atoms with E-state index < -0.39 is 0 Å². The van der Waals surface area contributed by atoms with Crippen LogP contribution in [0.1, 0.15) is 61.0 Å². The lowest BCUT2D eigenvalue weighted by molar-refractivity contribution is 0.00577. The van der Waals surface area contributed by atoms with Crippen LogP contribution in [0.4, 0.5) is 5.69 Å². The van der Waals surface area contributed by atoms with E-state index in [9.17, 15) is 0 Å². The van der Waals surface area contributed by atoms with Gasteiger partial charge >= 0.3 is 0 Å². The molecule has 0 atom stereocenters. The number of benzene rings is 1. The zero-order valence-corrected chi connectivity index (χ0v) is 15.7. The number of fused-ring (bicyclic) bond motifs is 1. The highest BCUT2D eigenvalue weighted by Crippen LogP contribution is 2.47. The SMILES string of the molecule is CC.CN1c2ccccc2C(C)(C)N(C)C(C)(C)C1(C)C. The lowest BCUT2D eigenvalue weighted by Gasteiger charge is -2.53. The molecule has 2 nitrogen and oxygen atoms in total. The molecule has 0 bridgehead atoms. The highest BCUT2D eigenvalue weighted by molar-refractivity contribution is 5.59. The van der Waals surface area contributed by atoms with E-state index in [1.807, 2.05) is 13.8 Å². The first-order valence-electron chi connectivity index (χ1n) is 8.12. The highest BCUT2D eigenvalue weighted by Gasteiger charge is 2.51. The number of para-hydroxylation sites is 1. The van der Waals surface area contributed by atoms with Gasteiger partial charge < -0.3 is 4.90 Å². The summed E-state index contributed by atoms with van der Waals surface area (Å²) < 4.78 is 0. The second-order valence-electron chi connectivity index (χ2n) is 7.31. The highest BCUT2D eigenvalue weighted by atomic mass is 15.3. The Morgan fingerprint density at radius 3 is 1.76 bits per heavy atom. The van der Waals surface area contributed by atoms with Gasteiger partial charge in [0.2, 0.25) is 0 Å². The van der Waals surface area contributed by atoms with Crippen molar-refractivity contribution in [1.29, 1.82) is 0 Å². The molecule has 0 aromatic heterocycles. The molecular formula is C19H34N2. The number of nitrogens with zero attached hydrogens (tertiary/aromatic N) is 2. The van der Waals surface area contributed by atoms with Gasteiger partial charge in [-0.2, -0.15) is 0 Å². The second-order valence-corrected chi connectivity index (χ2v) is 7.31. The normalized spacial score (nSPS) is 22.7. The van der Waals surface area contributed by atoms with E-state index in [1.54, 1.807) is 0 Å². The summed E-state index contributed by atoms with van der Waals surface area (Å²) in [5.41, 5.74) is 2.87. The third-order valence-electron chi connectivity index (χ3n) is 5.94. The topological polar surface area (TPSA) is 6.48 Å². The number of likely N-dealkylation sites (N-methyl/N-ethyl adjacent to an activating group) is 2. The quantitative estimate of drug-likeness (QED) is 0.671. The molecule has 0 spiro atoms. The van der Waals surface area contributed by atoms with Gasteiger partial charge in [-0.05, 0) is 60.2 Å². The van der Waals surface area contributed by atoms with Gasteiger partial charge in [0.15, 0.2) is 0 Å². The summed E-state index contributed by atoms with van der Waals surface area (Å²) in [6.07, 6.45) is 0. The van der Waals surface area contributed by atoms with Gasteiger partial charge in [0, 0.05) is 23.8 Å². The summed E-state index contributed by atoms with van der Waals surface area (Å²) in [5, 5.41) is 0. The van der Waals surface area contributed by atoms with Crippen molar-refractivity contribution in [3.05, 3.63) is 29.8 Å². The third kappa shape index (κ3) is 2.48. The molecule has 0 aliphatic carbocycles. The smallest absolute Gasteiger partial charge is 0.0521 e. The molecule has 0 unspecified atom stereocenters. The predicted molar refractivity (Wildman–Crippen MR) is 95.1 cm³/mol. The molecule has 2 rings (SSSR count). The first-order valence-corrected chi connectivity index (χ1v) is 8.12. The lowest BCUT2D eigenvalue weighted by Crippen LogP contribution is -2.65. The average molecular weight is 290 g/mol. The van der Waals surface area contributed by atoms with Crippen LogP contribution in [-0.4, -0.2) is 30.1 Å². The largest absolute Gasteiger partial charge is 0.367 e. The van der Waals surface area contributed by atoms with Crippen LogP contribution in [0.15, 0.2) is 24.3 Å². The van der Waals surface area contributed by atoms with Crippen molar-refractivity contribution < 1.29 is 0 Å². The molecule has 2 heteroatoms. The van der Waals surface area contributed by atoms with Crippen molar-refractivity contribution in [1.82, 2.24) is 4.90 Å². The van der Waals surface area contributed by atoms with E-state index in [2.05, 4.69) is 89.7 Å². The molecule has 0 radical (unpaired) electrons. The predicted octanol–water partition coefficient (Wildman–Crippen LogP) is 4.89. The van der Waals surface area contributed by atoms with E-state index in [4.69, 9.17) is 0 Å². The molecule has 0 saturated carbocycles. The molecule has 0 saturated heterocycles. The van der Waals surface area contributed by atoms with Gasteiger partial charge in [-0.1, -0.05) is 32.0 Å². The monoisotopic (exact) mass is 290 g/mol. The number of rotatable bonds is 0. The van der Waals surface area contributed by atoms with Crippen LogP contribution in [0.3, 0.4) is 0 Å². The van der Waals surface area contributed by atoms with Gasteiger partial charge in [0.25, 0.3) is 0 Å². The van der Waals surface area contributed by atoms with Crippen molar-refractivity contribution in [3.63, 3.8) is 0 Å². The molecule has 1 heterocycles. The Morgan fingerprint density at radius 1 is 0.762 bits per heavy atom. The van der Waals surface area contributed by atoms with Crippen molar-refractivity contribution in [2.45, 2.75) is 72.0 Å². The fraction of sp³-hybridized carbons (Fsp3) is 0.684. The van der Waals surface area contributed by atoms with E-state index in [1.165, 1.54) is 11.3 Å². The maximum Gasteiger partial charge on any atom is 0.0521 e. The maximum atomic E-state index is 2.52. The maximum absolute atomic E-state index is 2.52. The zero-order valence-electron chi connectivity index (χ0n) is 15.7. The van der Waals surface area contributed by atoms with Crippen molar-refractivity contribution >= 4 is 5.69 Å². The summed E-state index contributed by atoms with van der Waals surface area (Å²) in [5.74, 6) is 0. The van der Waals surface area contributed by atoms with Crippen LogP contribution in [0.5, 0.6) is 0 Å². The van der Waals surface area contributed by atoms with Crippen LogP contribution >= 0.6 is 0 Å². The first-order chi connectivity index (χ1) is 9.54. The minimum atomic E-state index is 0.0160. The summed E-state index contributed by atoms with van der Waals surface area (Å²) >= 11 is 0. The van der Waals surface area contributed by atoms with Crippen LogP contribution in [0.25, 0.3) is 0 Å². The van der Waals surface area contributed by atoms with E-state index in [0.29, 0.717) is 0 Å². The average Bonchev–Trinajstić information content (AvgIpc) is 2.48. The Morgan fingerprint density at radius 2 is 1.24 bits per heavy atom. The second kappa shape index (κ2) is 5.64. The fourth-order valence-corrected chi connectivity index (χ4v) is 3.28. The van der Waals surface area contributed by atoms with Gasteiger partial charge in [-0.25, -0.2) is 0 Å². The minimum Gasteiger partial charge on any atom is -0.367 e. The van der Waals surface area contributed by atoms with Crippen LogP contribution in [-0.2, 0) is 5.54 Å². The Hall–Kier alpha value is -1.02. The minimum absolute atomic E-state index is 0.0160. The molecular weight excluding hydrogens is 256 g/mol. The summed E-state index contributed by atoms with van der Waals surface area (Å²) in [4.78, 5) is 4.95. The Bertz CT molecular complexity index is 486. The molecule has 0 fully saturated rings. The molecule has 1 aromatic rings. The van der Waals surface area contributed by atoms with E-state index in [0.717, 1.165) is 0 Å². The van der Waals surface area contributed by atoms with E-state index in [-0.39, 0.29) is 16.6 Å². The standard InChI is InChI=1S/C17H28N2.C2H6/c1-15(2)13-11-9-10-12-14(13)18(7)16(3,4)17(5,6)19(15)8;1-2/h9-12H,1-8H3;1-2H3. The molecule has 120 valence electrons. The summed E-state index contributed by atoms with van der Waals surface area (Å²) in [7, 11) is 4.47. The van der Waals surface area contributed by atoms with Crippen LogP contribution < -0.4 is 4.90 Å². The molecule has 21 heavy (non-hydrogen) atoms. The lowest BCUT2D eigenvalue weighted by atomic mass is 9.78. The van der Waals surface area contributed by atoms with Crippen LogP contribution in [0, 0.1) is 0 Å². The Kier molecular flexibility index (Phi) is 4.84. The summed E-state index contributed by atoms with van der Waals surface area (Å²) in [6, 6.07) is 8.79. The van der Waals surface area contributed by atoms with Gasteiger partial charge in [0.1, 0.15) is 0 Å². The molecule has 1 aliphatic heterocycles. The van der Waals surface area contributed by atoms with Gasteiger partial charge in [0.05, 0.1) is 5.54 Å². The number of hydrogen-bond donors (Lipinski definition) is 0. The van der Waals surface area contributed by atoms with Crippen molar-refractivity contribution in [2.24, 2.45) is 0 Å². The van der Waals surface area contributed by atoms with E-state index >= 15 is 0 Å². The van der Waals surface area contributed by atoms with Gasteiger partial charge in [-0.3, -0.25) is 4.90 Å². The first kappa shape index (κ1) is 18.0. The molecule has 1 aromatic carbocycles. The van der Waals surface area contributed by atoms with Gasteiger partial charge in [-0.15, -0.1) is 0 Å². The fourth-order valence-electron chi connectivity index (χ4n) is 3.28. The van der Waals surface area contributed by atoms with Crippen LogP contribution in [0.2, 0.25) is 0 Å². The Labute approximate surface area is 132 Å². The molecule has 0 amide bonds. The van der Waals surface area contributed by atoms with Crippen molar-refractivity contribution in [2.75, 3.05) is 19.0 Å². The Balaban J connectivity index is 0.00000106. The third-order valence-corrected chi connectivity index (χ3v) is 5.94. The summed E-state index contributed by atoms with van der Waals surface area (Å²) in [6.45, 7) is 18.0. The zero-order chi connectivity index (χ0) is 16.6.